The largest absolute Gasteiger partial charge is 0.393 e. The Labute approximate surface area is 132 Å². The van der Waals surface area contributed by atoms with Gasteiger partial charge in [0.25, 0.3) is 0 Å². The topological polar surface area (TPSA) is 47.3 Å². The van der Waals surface area contributed by atoms with Gasteiger partial charge in [0, 0.05) is 19.1 Å². The number of aliphatic hydroxyl groups is 1. The fourth-order valence-electron chi connectivity index (χ4n) is 2.72. The van der Waals surface area contributed by atoms with Crippen LogP contribution in [0.3, 0.4) is 0 Å². The molecular weight excluding hydrogens is 276 g/mol. The first kappa shape index (κ1) is 16.7. The van der Waals surface area contributed by atoms with Gasteiger partial charge in [-0.2, -0.15) is 0 Å². The summed E-state index contributed by atoms with van der Waals surface area (Å²) in [7, 11) is 0. The molecule has 1 saturated heterocycles. The van der Waals surface area contributed by atoms with Gasteiger partial charge in [0.2, 0.25) is 0 Å². The lowest BCUT2D eigenvalue weighted by molar-refractivity contribution is 0.0497. The van der Waals surface area contributed by atoms with Crippen molar-refractivity contribution in [2.75, 3.05) is 13.2 Å². The molecule has 3 rings (SSSR count). The third kappa shape index (κ3) is 4.18. The van der Waals surface area contributed by atoms with Crippen LogP contribution < -0.4 is 0 Å². The molecule has 4 nitrogen and oxygen atoms in total. The summed E-state index contributed by atoms with van der Waals surface area (Å²) in [6.07, 6.45) is 5.18. The number of benzene rings is 1. The minimum absolute atomic E-state index is 0.133. The van der Waals surface area contributed by atoms with E-state index in [0.29, 0.717) is 6.61 Å². The number of hydrogen-bond donors (Lipinski definition) is 1. The van der Waals surface area contributed by atoms with Crippen molar-refractivity contribution in [3.8, 4) is 11.3 Å². The fraction of sp³-hybridized carbons (Fsp3) is 0.500. The Morgan fingerprint density at radius 1 is 1.27 bits per heavy atom. The van der Waals surface area contributed by atoms with Gasteiger partial charge in [-0.1, -0.05) is 44.2 Å². The SMILES string of the molecule is CC.OC1CCCOCC1Cn1cncc1-c1ccccc1. The summed E-state index contributed by atoms with van der Waals surface area (Å²) < 4.78 is 7.69. The first-order chi connectivity index (χ1) is 10.8. The third-order valence-corrected chi connectivity index (χ3v) is 3.88. The van der Waals surface area contributed by atoms with Crippen molar-refractivity contribution in [2.24, 2.45) is 5.92 Å². The highest BCUT2D eigenvalue weighted by molar-refractivity contribution is 5.58. The van der Waals surface area contributed by atoms with Gasteiger partial charge >= 0.3 is 0 Å². The van der Waals surface area contributed by atoms with Crippen LogP contribution in [0.1, 0.15) is 26.7 Å². The van der Waals surface area contributed by atoms with E-state index in [4.69, 9.17) is 4.74 Å². The van der Waals surface area contributed by atoms with Crippen molar-refractivity contribution in [1.29, 1.82) is 0 Å². The van der Waals surface area contributed by atoms with E-state index in [0.717, 1.165) is 37.3 Å². The molecule has 1 aromatic carbocycles. The monoisotopic (exact) mass is 302 g/mol. The maximum Gasteiger partial charge on any atom is 0.0951 e. The minimum atomic E-state index is -0.288. The normalized spacial score (nSPS) is 21.6. The molecule has 2 aromatic rings. The molecule has 0 bridgehead atoms. The highest BCUT2D eigenvalue weighted by Crippen LogP contribution is 2.22. The molecule has 4 heteroatoms. The molecule has 120 valence electrons. The molecule has 2 heterocycles. The fourth-order valence-corrected chi connectivity index (χ4v) is 2.72. The molecule has 1 aliphatic rings. The molecule has 0 saturated carbocycles. The minimum Gasteiger partial charge on any atom is -0.393 e. The Morgan fingerprint density at radius 3 is 2.82 bits per heavy atom. The molecule has 22 heavy (non-hydrogen) atoms. The van der Waals surface area contributed by atoms with Crippen LogP contribution >= 0.6 is 0 Å². The van der Waals surface area contributed by atoms with Crippen LogP contribution in [-0.2, 0) is 11.3 Å². The summed E-state index contributed by atoms with van der Waals surface area (Å²) in [5.74, 6) is 0.133. The average molecular weight is 302 g/mol. The van der Waals surface area contributed by atoms with Crippen LogP contribution in [0.2, 0.25) is 0 Å². The van der Waals surface area contributed by atoms with Crippen molar-refractivity contribution in [1.82, 2.24) is 9.55 Å². The molecular formula is C18H26N2O2. The lowest BCUT2D eigenvalue weighted by Crippen LogP contribution is -2.27. The Kier molecular flexibility index (Phi) is 6.62. The zero-order chi connectivity index (χ0) is 15.8. The van der Waals surface area contributed by atoms with Crippen LogP contribution in [0, 0.1) is 5.92 Å². The lowest BCUT2D eigenvalue weighted by Gasteiger charge is -2.21. The Hall–Kier alpha value is -1.65. The van der Waals surface area contributed by atoms with Crippen molar-refractivity contribution < 1.29 is 9.84 Å². The van der Waals surface area contributed by atoms with Gasteiger partial charge in [0.05, 0.1) is 30.9 Å². The van der Waals surface area contributed by atoms with E-state index in [-0.39, 0.29) is 12.0 Å². The van der Waals surface area contributed by atoms with E-state index < -0.39 is 0 Å². The first-order valence-electron chi connectivity index (χ1n) is 8.16. The summed E-state index contributed by atoms with van der Waals surface area (Å²) >= 11 is 0. The van der Waals surface area contributed by atoms with Crippen molar-refractivity contribution in [2.45, 2.75) is 39.3 Å². The van der Waals surface area contributed by atoms with E-state index in [1.54, 1.807) is 0 Å². The second kappa shape index (κ2) is 8.71. The highest BCUT2D eigenvalue weighted by Gasteiger charge is 2.23. The van der Waals surface area contributed by atoms with E-state index in [2.05, 4.69) is 21.7 Å². The molecule has 2 atom stereocenters. The van der Waals surface area contributed by atoms with E-state index in [9.17, 15) is 5.11 Å². The molecule has 2 unspecified atom stereocenters. The second-order valence-electron chi connectivity index (χ2n) is 5.34. The van der Waals surface area contributed by atoms with E-state index in [1.165, 1.54) is 0 Å². The summed E-state index contributed by atoms with van der Waals surface area (Å²) in [5.41, 5.74) is 2.23. The number of ether oxygens (including phenoxy) is 1. The smallest absolute Gasteiger partial charge is 0.0951 e. The number of nitrogens with zero attached hydrogens (tertiary/aromatic N) is 2. The zero-order valence-electron chi connectivity index (χ0n) is 13.5. The summed E-state index contributed by atoms with van der Waals surface area (Å²) in [6.45, 7) is 6.11. The molecule has 0 radical (unpaired) electrons. The van der Waals surface area contributed by atoms with Crippen LogP contribution in [-0.4, -0.2) is 34.0 Å². The van der Waals surface area contributed by atoms with Gasteiger partial charge in [-0.05, 0) is 18.4 Å². The van der Waals surface area contributed by atoms with Gasteiger partial charge in [-0.3, -0.25) is 0 Å². The summed E-state index contributed by atoms with van der Waals surface area (Å²) in [4.78, 5) is 4.25. The quantitative estimate of drug-likeness (QED) is 0.945. The van der Waals surface area contributed by atoms with Gasteiger partial charge in [-0.25, -0.2) is 4.98 Å². The lowest BCUT2D eigenvalue weighted by atomic mass is 10.00. The van der Waals surface area contributed by atoms with Crippen LogP contribution in [0.4, 0.5) is 0 Å². The molecule has 0 amide bonds. The van der Waals surface area contributed by atoms with E-state index >= 15 is 0 Å². The first-order valence-corrected chi connectivity index (χ1v) is 8.16. The molecule has 0 aliphatic carbocycles. The Bertz CT molecular complexity index is 539. The summed E-state index contributed by atoms with van der Waals surface area (Å²) in [5, 5.41) is 10.2. The predicted molar refractivity (Wildman–Crippen MR) is 88.6 cm³/mol. The number of imidazole rings is 1. The van der Waals surface area contributed by atoms with Gasteiger partial charge in [-0.15, -0.1) is 0 Å². The van der Waals surface area contributed by atoms with Gasteiger partial charge < -0.3 is 14.4 Å². The second-order valence-corrected chi connectivity index (χ2v) is 5.34. The number of aliphatic hydroxyl groups excluding tert-OH is 1. The molecule has 1 N–H and O–H groups in total. The standard InChI is InChI=1S/C16H20N2O2.C2H6/c19-16-7-4-8-20-11-14(16)10-18-12-17-9-15(18)13-5-2-1-3-6-13;1-2/h1-3,5-6,9,12,14,16,19H,4,7-8,10-11H2;1-2H3. The van der Waals surface area contributed by atoms with Crippen LogP contribution in [0.15, 0.2) is 42.9 Å². The Balaban J connectivity index is 0.000000847. The molecule has 1 fully saturated rings. The van der Waals surface area contributed by atoms with Crippen molar-refractivity contribution in [3.05, 3.63) is 42.9 Å². The maximum atomic E-state index is 10.2. The zero-order valence-corrected chi connectivity index (χ0v) is 13.5. The Morgan fingerprint density at radius 2 is 2.05 bits per heavy atom. The highest BCUT2D eigenvalue weighted by atomic mass is 16.5. The van der Waals surface area contributed by atoms with Crippen molar-refractivity contribution >= 4 is 0 Å². The maximum absolute atomic E-state index is 10.2. The number of aromatic nitrogens is 2. The molecule has 1 aromatic heterocycles. The molecule has 1 aliphatic heterocycles. The van der Waals surface area contributed by atoms with Crippen LogP contribution in [0.25, 0.3) is 11.3 Å². The predicted octanol–water partition coefficient (Wildman–Crippen LogP) is 3.36. The van der Waals surface area contributed by atoms with Crippen molar-refractivity contribution in [3.63, 3.8) is 0 Å². The third-order valence-electron chi connectivity index (χ3n) is 3.88. The molecule has 0 spiro atoms. The number of hydrogen-bond acceptors (Lipinski definition) is 3. The van der Waals surface area contributed by atoms with Gasteiger partial charge in [0.1, 0.15) is 0 Å². The van der Waals surface area contributed by atoms with Crippen LogP contribution in [0.5, 0.6) is 0 Å². The van der Waals surface area contributed by atoms with Gasteiger partial charge in [0.15, 0.2) is 0 Å². The average Bonchev–Trinajstić information content (AvgIpc) is 2.94. The summed E-state index contributed by atoms with van der Waals surface area (Å²) in [6, 6.07) is 10.2. The van der Waals surface area contributed by atoms with E-state index in [1.807, 2.05) is 44.6 Å². The number of rotatable bonds is 3.